The molecule has 0 aliphatic rings. The molecule has 0 radical (unpaired) electrons. The summed E-state index contributed by atoms with van der Waals surface area (Å²) in [7, 11) is 0. The zero-order valence-corrected chi connectivity index (χ0v) is 24.3. The summed E-state index contributed by atoms with van der Waals surface area (Å²) < 4.78 is 0. The van der Waals surface area contributed by atoms with Gasteiger partial charge in [-0.1, -0.05) is 30.3 Å². The number of hydrogen-bond acceptors (Lipinski definition) is 9. The highest BCUT2D eigenvalue weighted by Gasteiger charge is 2.30. The van der Waals surface area contributed by atoms with Gasteiger partial charge >= 0.3 is 5.97 Å². The van der Waals surface area contributed by atoms with E-state index in [0.717, 1.165) is 0 Å². The van der Waals surface area contributed by atoms with Crippen LogP contribution in [0.2, 0.25) is 0 Å². The molecule has 1 aromatic rings. The lowest BCUT2D eigenvalue weighted by Crippen LogP contribution is -2.58. The van der Waals surface area contributed by atoms with Crippen molar-refractivity contribution < 1.29 is 39.0 Å². The average molecular weight is 597 g/mol. The molecule has 15 heteroatoms. The fourth-order valence-corrected chi connectivity index (χ4v) is 3.88. The Labute approximate surface area is 243 Å². The zero-order chi connectivity index (χ0) is 31.1. The molecular weight excluding hydrogens is 556 g/mol. The number of carboxylic acids is 1. The zero-order valence-electron chi connectivity index (χ0n) is 23.5. The Balaban J connectivity index is 2.80. The summed E-state index contributed by atoms with van der Waals surface area (Å²) in [6.45, 7) is 3.41. The normalized spacial score (nSPS) is 15.2. The quantitative estimate of drug-likeness (QED) is 0.0974. The van der Waals surface area contributed by atoms with Crippen LogP contribution in [0.1, 0.15) is 32.8 Å². The number of nitrogens with one attached hydrogen (secondary N) is 5. The Morgan fingerprint density at radius 2 is 1.24 bits per heavy atom. The molecule has 0 unspecified atom stereocenters. The van der Waals surface area contributed by atoms with Gasteiger partial charge in [0.15, 0.2) is 0 Å². The number of amides is 5. The predicted octanol–water partition coefficient (Wildman–Crippen LogP) is -2.13. The number of carbonyl (C=O) groups excluding carboxylic acids is 5. The molecule has 0 bridgehead atoms. The van der Waals surface area contributed by atoms with E-state index in [9.17, 15) is 39.0 Å². The Morgan fingerprint density at radius 1 is 0.756 bits per heavy atom. The third kappa shape index (κ3) is 12.6. The molecule has 1 aromatic carbocycles. The summed E-state index contributed by atoms with van der Waals surface area (Å²) in [5.74, 6) is -4.38. The van der Waals surface area contributed by atoms with Gasteiger partial charge in [-0.25, -0.2) is 4.79 Å². The second-order valence-corrected chi connectivity index (χ2v) is 10.4. The van der Waals surface area contributed by atoms with E-state index in [1.807, 2.05) is 0 Å². The largest absolute Gasteiger partial charge is 0.480 e. The number of nitrogens with two attached hydrogens (primary N) is 1. The van der Waals surface area contributed by atoms with E-state index in [1.165, 1.54) is 32.5 Å². The number of aliphatic carboxylic acids is 1. The van der Waals surface area contributed by atoms with Gasteiger partial charge in [-0.15, -0.1) is 0 Å². The highest BCUT2D eigenvalue weighted by atomic mass is 32.2. The van der Waals surface area contributed by atoms with Crippen LogP contribution in [0, 0.1) is 0 Å². The molecule has 9 N–H and O–H groups in total. The van der Waals surface area contributed by atoms with Crippen LogP contribution in [0.4, 0.5) is 0 Å². The SMILES string of the molecule is CSCC[C@H](NC(=O)[C@H](C)NC(=O)[C@H](CO)NC(=O)[C@H](C)N)C(=O)N[C@@H](C)C(=O)N[C@@H](Cc1ccccc1)C(=O)O. The van der Waals surface area contributed by atoms with E-state index in [-0.39, 0.29) is 12.8 Å². The molecular formula is C26H40N6O8S. The standard InChI is InChI=1S/C26H40N6O8S/c1-14(27)21(34)32-20(13-33)25(38)29-15(2)22(35)30-18(10-11-41-4)24(37)28-16(3)23(36)31-19(26(39)40)12-17-8-6-5-7-9-17/h5-9,14-16,18-20,33H,10-13,27H2,1-4H3,(H,28,37)(H,29,38)(H,30,35)(H,31,36)(H,32,34)(H,39,40)/t14-,15-,16-,18-,19-,20-/m0/s1. The Bertz CT molecular complexity index is 1060. The number of carboxylic acid groups (broad SMARTS) is 1. The smallest absolute Gasteiger partial charge is 0.326 e. The lowest BCUT2D eigenvalue weighted by Gasteiger charge is -2.24. The summed E-state index contributed by atoms with van der Waals surface area (Å²) in [5.41, 5.74) is 6.16. The second kappa shape index (κ2) is 17.9. The topological polar surface area (TPSA) is 229 Å². The molecule has 0 fully saturated rings. The first-order chi connectivity index (χ1) is 19.3. The van der Waals surface area contributed by atoms with Crippen molar-refractivity contribution in [3.05, 3.63) is 35.9 Å². The molecule has 1 rings (SSSR count). The number of aliphatic hydroxyl groups excluding tert-OH is 1. The number of hydrogen-bond donors (Lipinski definition) is 8. The highest BCUT2D eigenvalue weighted by Crippen LogP contribution is 2.05. The van der Waals surface area contributed by atoms with Crippen molar-refractivity contribution in [2.75, 3.05) is 18.6 Å². The Hall–Kier alpha value is -3.69. The van der Waals surface area contributed by atoms with Crippen LogP contribution in [0.3, 0.4) is 0 Å². The van der Waals surface area contributed by atoms with Crippen molar-refractivity contribution >= 4 is 47.3 Å². The van der Waals surface area contributed by atoms with Crippen LogP contribution in [0.15, 0.2) is 30.3 Å². The lowest BCUT2D eigenvalue weighted by atomic mass is 10.1. The molecule has 0 saturated carbocycles. The molecule has 0 aliphatic heterocycles. The van der Waals surface area contributed by atoms with E-state index < -0.39 is 78.4 Å². The third-order valence-electron chi connectivity index (χ3n) is 5.87. The first kappa shape index (κ1) is 35.3. The van der Waals surface area contributed by atoms with Crippen molar-refractivity contribution in [1.29, 1.82) is 0 Å². The fourth-order valence-electron chi connectivity index (χ4n) is 3.40. The van der Waals surface area contributed by atoms with E-state index >= 15 is 0 Å². The van der Waals surface area contributed by atoms with Gasteiger partial charge < -0.3 is 42.5 Å². The van der Waals surface area contributed by atoms with Gasteiger partial charge in [-0.2, -0.15) is 11.8 Å². The maximum atomic E-state index is 13.0. The van der Waals surface area contributed by atoms with E-state index in [2.05, 4.69) is 26.6 Å². The molecule has 14 nitrogen and oxygen atoms in total. The van der Waals surface area contributed by atoms with Crippen molar-refractivity contribution in [3.8, 4) is 0 Å². The maximum absolute atomic E-state index is 13.0. The summed E-state index contributed by atoms with van der Waals surface area (Å²) in [5, 5.41) is 31.1. The lowest BCUT2D eigenvalue weighted by molar-refractivity contribution is -0.142. The first-order valence-corrected chi connectivity index (χ1v) is 14.3. The monoisotopic (exact) mass is 596 g/mol. The van der Waals surface area contributed by atoms with Crippen LogP contribution in [0.5, 0.6) is 0 Å². The minimum atomic E-state index is -1.34. The summed E-state index contributed by atoms with van der Waals surface area (Å²) in [6, 6.07) is 1.92. The van der Waals surface area contributed by atoms with Gasteiger partial charge in [0.25, 0.3) is 0 Å². The van der Waals surface area contributed by atoms with Gasteiger partial charge in [0, 0.05) is 6.42 Å². The van der Waals surface area contributed by atoms with Crippen LogP contribution in [-0.4, -0.2) is 101 Å². The van der Waals surface area contributed by atoms with E-state index in [4.69, 9.17) is 5.73 Å². The summed E-state index contributed by atoms with van der Waals surface area (Å²) in [6.07, 6.45) is 2.05. The number of rotatable bonds is 17. The molecule has 6 atom stereocenters. The maximum Gasteiger partial charge on any atom is 0.326 e. The number of thioether (sulfide) groups is 1. The van der Waals surface area contributed by atoms with Crippen LogP contribution in [0.25, 0.3) is 0 Å². The summed E-state index contributed by atoms with van der Waals surface area (Å²) >= 11 is 1.42. The number of carbonyl (C=O) groups is 6. The molecule has 0 aliphatic carbocycles. The molecule has 0 spiro atoms. The van der Waals surface area contributed by atoms with E-state index in [0.29, 0.717) is 11.3 Å². The van der Waals surface area contributed by atoms with Crippen molar-refractivity contribution in [3.63, 3.8) is 0 Å². The van der Waals surface area contributed by atoms with Crippen molar-refractivity contribution in [2.45, 2.75) is 69.9 Å². The van der Waals surface area contributed by atoms with Gasteiger partial charge in [0.05, 0.1) is 12.6 Å². The predicted molar refractivity (Wildman–Crippen MR) is 153 cm³/mol. The number of benzene rings is 1. The van der Waals surface area contributed by atoms with E-state index in [1.54, 1.807) is 36.6 Å². The number of aliphatic hydroxyl groups is 1. The molecule has 5 amide bonds. The molecule has 0 heterocycles. The van der Waals surface area contributed by atoms with Gasteiger partial charge in [0.1, 0.15) is 30.2 Å². The van der Waals surface area contributed by atoms with Crippen molar-refractivity contribution in [1.82, 2.24) is 26.6 Å². The molecule has 0 aromatic heterocycles. The third-order valence-corrected chi connectivity index (χ3v) is 6.52. The van der Waals surface area contributed by atoms with Gasteiger partial charge in [-0.05, 0) is 44.8 Å². The molecule has 0 saturated heterocycles. The summed E-state index contributed by atoms with van der Waals surface area (Å²) in [4.78, 5) is 74.4. The Kier molecular flexibility index (Phi) is 15.4. The molecule has 228 valence electrons. The Morgan fingerprint density at radius 3 is 1.71 bits per heavy atom. The second-order valence-electron chi connectivity index (χ2n) is 9.42. The van der Waals surface area contributed by atoms with Crippen LogP contribution < -0.4 is 32.3 Å². The van der Waals surface area contributed by atoms with Crippen molar-refractivity contribution in [2.24, 2.45) is 5.73 Å². The van der Waals surface area contributed by atoms with Gasteiger partial charge in [0.2, 0.25) is 29.5 Å². The fraction of sp³-hybridized carbons (Fsp3) is 0.538. The van der Waals surface area contributed by atoms with Crippen LogP contribution in [-0.2, 0) is 35.2 Å². The minimum Gasteiger partial charge on any atom is -0.480 e. The first-order valence-electron chi connectivity index (χ1n) is 12.9. The highest BCUT2D eigenvalue weighted by molar-refractivity contribution is 7.98. The molecule has 41 heavy (non-hydrogen) atoms. The minimum absolute atomic E-state index is 0.0463. The van der Waals surface area contributed by atoms with Crippen LogP contribution >= 0.6 is 11.8 Å². The van der Waals surface area contributed by atoms with Gasteiger partial charge in [-0.3, -0.25) is 24.0 Å². The average Bonchev–Trinajstić information content (AvgIpc) is 2.93.